The van der Waals surface area contributed by atoms with E-state index < -0.39 is 0 Å². The number of ether oxygens (including phenoxy) is 1. The van der Waals surface area contributed by atoms with Crippen LogP contribution in [0, 0.1) is 0 Å². The van der Waals surface area contributed by atoms with Crippen LogP contribution in [0.5, 0.6) is 0 Å². The molecule has 1 saturated heterocycles. The molecule has 1 aromatic rings. The van der Waals surface area contributed by atoms with Crippen molar-refractivity contribution in [3.8, 4) is 0 Å². The molecule has 2 aliphatic rings. The monoisotopic (exact) mass is 317 g/mol. The number of halogens is 1. The fraction of sp³-hybridized carbons (Fsp3) is 0.818. The van der Waals surface area contributed by atoms with Crippen molar-refractivity contribution in [1.82, 2.24) is 9.36 Å². The van der Waals surface area contributed by atoms with E-state index in [2.05, 4.69) is 37.1 Å². The lowest BCUT2D eigenvalue weighted by Gasteiger charge is -2.37. The molecule has 0 radical (unpaired) electrons. The van der Waals surface area contributed by atoms with Gasteiger partial charge in [-0.3, -0.25) is 0 Å². The van der Waals surface area contributed by atoms with Crippen LogP contribution in [0.1, 0.15) is 31.5 Å². The van der Waals surface area contributed by atoms with Gasteiger partial charge in [0.05, 0.1) is 18.8 Å². The standard InChI is InChI=1S/C11H16BrN3OS/c1-7-6-16-9(4-12)5-15(7)11-13-10(14-17-11)8-2-3-8/h7-9H,2-6H2,1H3. The molecule has 0 spiro atoms. The highest BCUT2D eigenvalue weighted by atomic mass is 79.9. The normalized spacial score (nSPS) is 29.6. The largest absolute Gasteiger partial charge is 0.373 e. The maximum atomic E-state index is 5.73. The topological polar surface area (TPSA) is 38.2 Å². The minimum atomic E-state index is 0.263. The number of alkyl halides is 1. The molecule has 2 atom stereocenters. The first-order chi connectivity index (χ1) is 8.28. The summed E-state index contributed by atoms with van der Waals surface area (Å²) in [6.07, 6.45) is 2.79. The molecular formula is C11H16BrN3OS. The van der Waals surface area contributed by atoms with Crippen molar-refractivity contribution >= 4 is 32.6 Å². The van der Waals surface area contributed by atoms with E-state index >= 15 is 0 Å². The summed E-state index contributed by atoms with van der Waals surface area (Å²) in [5, 5.41) is 1.94. The highest BCUT2D eigenvalue weighted by Gasteiger charge is 2.31. The number of morpholine rings is 1. The second kappa shape index (κ2) is 4.82. The lowest BCUT2D eigenvalue weighted by molar-refractivity contribution is 0.0379. The summed E-state index contributed by atoms with van der Waals surface area (Å²) in [6, 6.07) is 0.394. The number of anilines is 1. The minimum Gasteiger partial charge on any atom is -0.373 e. The van der Waals surface area contributed by atoms with Crippen LogP contribution < -0.4 is 4.90 Å². The molecule has 0 amide bonds. The number of aromatic nitrogens is 2. The molecule has 94 valence electrons. The zero-order valence-electron chi connectivity index (χ0n) is 9.80. The molecule has 1 aliphatic heterocycles. The van der Waals surface area contributed by atoms with E-state index in [1.165, 1.54) is 24.4 Å². The molecule has 17 heavy (non-hydrogen) atoms. The number of nitrogens with zero attached hydrogens (tertiary/aromatic N) is 3. The molecule has 2 heterocycles. The Bertz CT molecular complexity index is 396. The molecule has 6 heteroatoms. The van der Waals surface area contributed by atoms with Crippen LogP contribution in [-0.2, 0) is 4.74 Å². The smallest absolute Gasteiger partial charge is 0.205 e. The second-order valence-corrected chi connectivity index (χ2v) is 6.20. The van der Waals surface area contributed by atoms with Crippen molar-refractivity contribution in [3.05, 3.63) is 5.82 Å². The molecular weight excluding hydrogens is 302 g/mol. The summed E-state index contributed by atoms with van der Waals surface area (Å²) in [5.74, 6) is 1.70. The molecule has 0 N–H and O–H groups in total. The Balaban J connectivity index is 1.75. The summed E-state index contributed by atoms with van der Waals surface area (Å²) >= 11 is 5.02. The maximum Gasteiger partial charge on any atom is 0.205 e. The third kappa shape index (κ3) is 2.48. The van der Waals surface area contributed by atoms with E-state index in [0.29, 0.717) is 12.0 Å². The molecule has 1 aromatic heterocycles. The molecule has 3 rings (SSSR count). The molecule has 2 fully saturated rings. The van der Waals surface area contributed by atoms with Crippen LogP contribution in [0.3, 0.4) is 0 Å². The van der Waals surface area contributed by atoms with Gasteiger partial charge in [0.2, 0.25) is 5.13 Å². The van der Waals surface area contributed by atoms with Gasteiger partial charge in [0.25, 0.3) is 0 Å². The Morgan fingerprint density at radius 3 is 3.06 bits per heavy atom. The first kappa shape index (κ1) is 11.9. The summed E-state index contributed by atoms with van der Waals surface area (Å²) in [4.78, 5) is 7.01. The van der Waals surface area contributed by atoms with Gasteiger partial charge < -0.3 is 9.64 Å². The van der Waals surface area contributed by atoms with Gasteiger partial charge in [-0.15, -0.1) is 0 Å². The molecule has 4 nitrogen and oxygen atoms in total. The average molecular weight is 318 g/mol. The molecule has 2 unspecified atom stereocenters. The second-order valence-electron chi connectivity index (χ2n) is 4.82. The minimum absolute atomic E-state index is 0.263. The van der Waals surface area contributed by atoms with Crippen molar-refractivity contribution < 1.29 is 4.74 Å². The third-order valence-electron chi connectivity index (χ3n) is 3.30. The Morgan fingerprint density at radius 1 is 1.53 bits per heavy atom. The van der Waals surface area contributed by atoms with E-state index in [-0.39, 0.29) is 6.10 Å². The van der Waals surface area contributed by atoms with E-state index in [4.69, 9.17) is 4.74 Å². The van der Waals surface area contributed by atoms with E-state index in [1.54, 1.807) is 0 Å². The van der Waals surface area contributed by atoms with Gasteiger partial charge in [0.1, 0.15) is 5.82 Å². The Labute approximate surface area is 114 Å². The maximum absolute atomic E-state index is 5.73. The van der Waals surface area contributed by atoms with Crippen molar-refractivity contribution in [2.75, 3.05) is 23.4 Å². The number of rotatable bonds is 3. The van der Waals surface area contributed by atoms with Gasteiger partial charge in [0.15, 0.2) is 0 Å². The molecule has 0 aromatic carbocycles. The summed E-state index contributed by atoms with van der Waals surface area (Å²) in [5.41, 5.74) is 0. The van der Waals surface area contributed by atoms with Gasteiger partial charge >= 0.3 is 0 Å². The number of hydrogen-bond donors (Lipinski definition) is 0. The number of hydrogen-bond acceptors (Lipinski definition) is 5. The summed E-state index contributed by atoms with van der Waals surface area (Å²) < 4.78 is 10.2. The first-order valence-electron chi connectivity index (χ1n) is 6.05. The van der Waals surface area contributed by atoms with Crippen LogP contribution in [-0.4, -0.2) is 40.0 Å². The van der Waals surface area contributed by atoms with Crippen LogP contribution >= 0.6 is 27.5 Å². The zero-order chi connectivity index (χ0) is 11.8. The van der Waals surface area contributed by atoms with Crippen molar-refractivity contribution in [2.24, 2.45) is 0 Å². The first-order valence-corrected chi connectivity index (χ1v) is 7.95. The zero-order valence-corrected chi connectivity index (χ0v) is 12.2. The highest BCUT2D eigenvalue weighted by Crippen LogP contribution is 2.40. The Hall–Kier alpha value is -0.200. The fourth-order valence-electron chi connectivity index (χ4n) is 2.03. The predicted molar refractivity (Wildman–Crippen MR) is 72.2 cm³/mol. The molecule has 0 bridgehead atoms. The fourth-order valence-corrected chi connectivity index (χ4v) is 3.28. The van der Waals surface area contributed by atoms with Gasteiger partial charge in [0, 0.05) is 29.3 Å². The van der Waals surface area contributed by atoms with Gasteiger partial charge in [-0.05, 0) is 19.8 Å². The van der Waals surface area contributed by atoms with Gasteiger partial charge in [-0.1, -0.05) is 15.9 Å². The van der Waals surface area contributed by atoms with Gasteiger partial charge in [-0.25, -0.2) is 4.98 Å². The van der Waals surface area contributed by atoms with Crippen molar-refractivity contribution in [1.29, 1.82) is 0 Å². The molecule has 1 aliphatic carbocycles. The lowest BCUT2D eigenvalue weighted by Crippen LogP contribution is -2.49. The van der Waals surface area contributed by atoms with E-state index in [0.717, 1.165) is 29.4 Å². The summed E-state index contributed by atoms with van der Waals surface area (Å²) in [6.45, 7) is 3.86. The Kier molecular flexibility index (Phi) is 3.36. The highest BCUT2D eigenvalue weighted by molar-refractivity contribution is 9.09. The summed E-state index contributed by atoms with van der Waals surface area (Å²) in [7, 11) is 0. The van der Waals surface area contributed by atoms with Crippen molar-refractivity contribution in [3.63, 3.8) is 0 Å². The van der Waals surface area contributed by atoms with E-state index in [1.807, 2.05) is 0 Å². The molecule has 1 saturated carbocycles. The van der Waals surface area contributed by atoms with Crippen LogP contribution in [0.25, 0.3) is 0 Å². The SMILES string of the molecule is CC1COC(CBr)CN1c1nc(C2CC2)ns1. The van der Waals surface area contributed by atoms with Crippen molar-refractivity contribution in [2.45, 2.75) is 37.8 Å². The van der Waals surface area contributed by atoms with Gasteiger partial charge in [-0.2, -0.15) is 4.37 Å². The predicted octanol–water partition coefficient (Wildman–Crippen LogP) is 2.40. The lowest BCUT2D eigenvalue weighted by atomic mass is 10.2. The van der Waals surface area contributed by atoms with E-state index in [9.17, 15) is 0 Å². The Morgan fingerprint density at radius 2 is 2.35 bits per heavy atom. The quantitative estimate of drug-likeness (QED) is 0.802. The average Bonchev–Trinajstić information content (AvgIpc) is 3.09. The van der Waals surface area contributed by atoms with Crippen LogP contribution in [0.2, 0.25) is 0 Å². The third-order valence-corrected chi connectivity index (χ3v) is 4.79. The van der Waals surface area contributed by atoms with Crippen LogP contribution in [0.4, 0.5) is 5.13 Å². The van der Waals surface area contributed by atoms with Crippen LogP contribution in [0.15, 0.2) is 0 Å².